The SMILES string of the molecule is CC1CN(c2ccc(CN=C(N)N(C)C3CC3)cn2)CCO1.I. The Morgan fingerprint density at radius 3 is 2.87 bits per heavy atom. The Kier molecular flexibility index (Phi) is 6.46. The predicted octanol–water partition coefficient (Wildman–Crippen LogP) is 1.83. The molecule has 1 unspecified atom stereocenters. The molecule has 0 bridgehead atoms. The number of pyridine rings is 1. The maximum Gasteiger partial charge on any atom is 0.191 e. The molecule has 2 heterocycles. The van der Waals surface area contributed by atoms with Gasteiger partial charge in [-0.1, -0.05) is 6.07 Å². The number of hydrogen-bond acceptors (Lipinski definition) is 4. The van der Waals surface area contributed by atoms with Gasteiger partial charge in [0.05, 0.1) is 19.3 Å². The fraction of sp³-hybridized carbons (Fsp3) is 0.625. The molecule has 2 N–H and O–H groups in total. The Labute approximate surface area is 155 Å². The fourth-order valence-corrected chi connectivity index (χ4v) is 2.66. The highest BCUT2D eigenvalue weighted by Crippen LogP contribution is 2.25. The molecule has 1 saturated carbocycles. The summed E-state index contributed by atoms with van der Waals surface area (Å²) < 4.78 is 5.56. The van der Waals surface area contributed by atoms with Crippen LogP contribution in [0.4, 0.5) is 5.82 Å². The molecule has 2 aliphatic rings. The smallest absolute Gasteiger partial charge is 0.191 e. The van der Waals surface area contributed by atoms with E-state index in [4.69, 9.17) is 10.5 Å². The third-order valence-corrected chi connectivity index (χ3v) is 4.25. The molecular weight excluding hydrogens is 405 g/mol. The van der Waals surface area contributed by atoms with Crippen LogP contribution in [-0.2, 0) is 11.3 Å². The van der Waals surface area contributed by atoms with Crippen molar-refractivity contribution in [1.82, 2.24) is 9.88 Å². The lowest BCUT2D eigenvalue weighted by Crippen LogP contribution is -2.41. The average molecular weight is 431 g/mol. The van der Waals surface area contributed by atoms with Crippen LogP contribution in [0, 0.1) is 0 Å². The number of anilines is 1. The van der Waals surface area contributed by atoms with Crippen LogP contribution in [0.2, 0.25) is 0 Å². The van der Waals surface area contributed by atoms with E-state index in [2.05, 4.69) is 38.8 Å². The van der Waals surface area contributed by atoms with Gasteiger partial charge in [0.2, 0.25) is 0 Å². The minimum atomic E-state index is 0. The zero-order chi connectivity index (χ0) is 15.5. The number of ether oxygens (including phenoxy) is 1. The fourth-order valence-electron chi connectivity index (χ4n) is 2.66. The van der Waals surface area contributed by atoms with Gasteiger partial charge in [0.15, 0.2) is 5.96 Å². The van der Waals surface area contributed by atoms with Crippen molar-refractivity contribution in [2.75, 3.05) is 31.6 Å². The van der Waals surface area contributed by atoms with Gasteiger partial charge in [-0.05, 0) is 31.4 Å². The molecule has 1 aromatic rings. The quantitative estimate of drug-likeness (QED) is 0.448. The minimum absolute atomic E-state index is 0. The second-order valence-corrected chi connectivity index (χ2v) is 6.17. The molecule has 0 radical (unpaired) electrons. The van der Waals surface area contributed by atoms with Crippen molar-refractivity contribution in [3.05, 3.63) is 23.9 Å². The zero-order valence-electron chi connectivity index (χ0n) is 13.8. The lowest BCUT2D eigenvalue weighted by Gasteiger charge is -2.32. The van der Waals surface area contributed by atoms with E-state index in [-0.39, 0.29) is 30.1 Å². The largest absolute Gasteiger partial charge is 0.375 e. The van der Waals surface area contributed by atoms with Crippen LogP contribution >= 0.6 is 24.0 Å². The third-order valence-electron chi connectivity index (χ3n) is 4.25. The first-order chi connectivity index (χ1) is 10.6. The van der Waals surface area contributed by atoms with Crippen molar-refractivity contribution in [3.63, 3.8) is 0 Å². The Bertz CT molecular complexity index is 532. The second kappa shape index (κ2) is 8.14. The predicted molar refractivity (Wildman–Crippen MR) is 103 cm³/mol. The summed E-state index contributed by atoms with van der Waals surface area (Å²) in [5.41, 5.74) is 7.08. The van der Waals surface area contributed by atoms with Gasteiger partial charge in [-0.3, -0.25) is 0 Å². The van der Waals surface area contributed by atoms with E-state index in [0.29, 0.717) is 18.5 Å². The van der Waals surface area contributed by atoms with Crippen molar-refractivity contribution in [3.8, 4) is 0 Å². The molecule has 3 rings (SSSR count). The molecule has 1 aromatic heterocycles. The molecule has 0 amide bonds. The van der Waals surface area contributed by atoms with Crippen molar-refractivity contribution in [2.24, 2.45) is 10.7 Å². The maximum atomic E-state index is 6.00. The number of nitrogens with zero attached hydrogens (tertiary/aromatic N) is 4. The van der Waals surface area contributed by atoms with Crippen LogP contribution in [0.3, 0.4) is 0 Å². The molecule has 2 fully saturated rings. The number of guanidine groups is 1. The van der Waals surface area contributed by atoms with Gasteiger partial charge < -0.3 is 20.3 Å². The Morgan fingerprint density at radius 1 is 1.48 bits per heavy atom. The maximum absolute atomic E-state index is 6.00. The topological polar surface area (TPSA) is 67.0 Å². The van der Waals surface area contributed by atoms with E-state index in [1.165, 1.54) is 12.8 Å². The summed E-state index contributed by atoms with van der Waals surface area (Å²) in [4.78, 5) is 13.3. The van der Waals surface area contributed by atoms with Crippen molar-refractivity contribution in [2.45, 2.75) is 38.5 Å². The lowest BCUT2D eigenvalue weighted by atomic mass is 10.2. The molecule has 1 aliphatic heterocycles. The van der Waals surface area contributed by atoms with Crippen LogP contribution in [0.25, 0.3) is 0 Å². The first-order valence-corrected chi connectivity index (χ1v) is 7.97. The standard InChI is InChI=1S/C16H25N5O.HI/c1-12-11-21(7-8-22-12)15-6-3-13(9-18-15)10-19-16(17)20(2)14-4-5-14;/h3,6,9,12,14H,4-5,7-8,10-11H2,1-2H3,(H2,17,19);1H. The number of aromatic nitrogens is 1. The molecule has 6 nitrogen and oxygen atoms in total. The minimum Gasteiger partial charge on any atom is -0.375 e. The van der Waals surface area contributed by atoms with Gasteiger partial charge in [0.1, 0.15) is 5.82 Å². The molecule has 128 valence electrons. The first-order valence-electron chi connectivity index (χ1n) is 7.97. The van der Waals surface area contributed by atoms with Crippen LogP contribution in [-0.4, -0.2) is 54.7 Å². The summed E-state index contributed by atoms with van der Waals surface area (Å²) in [6.45, 7) is 5.22. The van der Waals surface area contributed by atoms with E-state index < -0.39 is 0 Å². The lowest BCUT2D eigenvalue weighted by molar-refractivity contribution is 0.0529. The summed E-state index contributed by atoms with van der Waals surface area (Å²) in [6, 6.07) is 4.73. The van der Waals surface area contributed by atoms with Crippen molar-refractivity contribution in [1.29, 1.82) is 0 Å². The van der Waals surface area contributed by atoms with E-state index in [1.54, 1.807) is 0 Å². The second-order valence-electron chi connectivity index (χ2n) is 6.17. The third kappa shape index (κ3) is 4.94. The summed E-state index contributed by atoms with van der Waals surface area (Å²) in [7, 11) is 2.01. The van der Waals surface area contributed by atoms with E-state index in [9.17, 15) is 0 Å². The molecule has 0 aromatic carbocycles. The highest BCUT2D eigenvalue weighted by Gasteiger charge is 2.27. The van der Waals surface area contributed by atoms with Crippen LogP contribution in [0.5, 0.6) is 0 Å². The Hall–Kier alpha value is -1.09. The molecule has 0 spiro atoms. The van der Waals surface area contributed by atoms with E-state index in [1.807, 2.05) is 13.2 Å². The van der Waals surface area contributed by atoms with Crippen LogP contribution < -0.4 is 10.6 Å². The Morgan fingerprint density at radius 2 is 2.26 bits per heavy atom. The Balaban J connectivity index is 0.00000192. The van der Waals surface area contributed by atoms with Gasteiger partial charge >= 0.3 is 0 Å². The number of nitrogens with two attached hydrogens (primary N) is 1. The zero-order valence-corrected chi connectivity index (χ0v) is 16.1. The van der Waals surface area contributed by atoms with Gasteiger partial charge in [0, 0.05) is 32.4 Å². The summed E-state index contributed by atoms with van der Waals surface area (Å²) in [5.74, 6) is 1.62. The number of halogens is 1. The molecular formula is C16H26IN5O. The highest BCUT2D eigenvalue weighted by molar-refractivity contribution is 14.0. The molecule has 1 aliphatic carbocycles. The van der Waals surface area contributed by atoms with Crippen molar-refractivity contribution >= 4 is 35.8 Å². The summed E-state index contributed by atoms with van der Waals surface area (Å²) >= 11 is 0. The monoisotopic (exact) mass is 431 g/mol. The molecule has 1 saturated heterocycles. The van der Waals surface area contributed by atoms with Crippen molar-refractivity contribution < 1.29 is 4.74 Å². The number of aliphatic imine (C=N–C) groups is 1. The number of morpholine rings is 1. The van der Waals surface area contributed by atoms with Gasteiger partial charge in [-0.2, -0.15) is 0 Å². The molecule has 23 heavy (non-hydrogen) atoms. The molecule has 7 heteroatoms. The number of hydrogen-bond donors (Lipinski definition) is 1. The number of rotatable bonds is 4. The highest BCUT2D eigenvalue weighted by atomic mass is 127. The summed E-state index contributed by atoms with van der Waals surface area (Å²) in [6.07, 6.45) is 4.60. The average Bonchev–Trinajstić information content (AvgIpc) is 3.37. The van der Waals surface area contributed by atoms with Crippen LogP contribution in [0.15, 0.2) is 23.3 Å². The van der Waals surface area contributed by atoms with Gasteiger partial charge in [-0.25, -0.2) is 9.98 Å². The van der Waals surface area contributed by atoms with Crippen LogP contribution in [0.1, 0.15) is 25.3 Å². The van der Waals surface area contributed by atoms with Gasteiger partial charge in [0.25, 0.3) is 0 Å². The normalized spacial score (nSPS) is 21.7. The first kappa shape index (κ1) is 18.3. The van der Waals surface area contributed by atoms with E-state index in [0.717, 1.165) is 31.1 Å². The van der Waals surface area contributed by atoms with E-state index >= 15 is 0 Å². The molecule has 1 atom stereocenters. The van der Waals surface area contributed by atoms with Gasteiger partial charge in [-0.15, -0.1) is 24.0 Å². The summed E-state index contributed by atoms with van der Waals surface area (Å²) in [5, 5.41) is 0.